The highest BCUT2D eigenvalue weighted by molar-refractivity contribution is 5.78. The van der Waals surface area contributed by atoms with Crippen molar-refractivity contribution >= 4 is 0 Å². The minimum absolute atomic E-state index is 0.550. The Labute approximate surface area is 123 Å². The van der Waals surface area contributed by atoms with Crippen LogP contribution < -0.4 is 11.5 Å². The molecule has 3 rings (SSSR count). The number of aromatic amines is 1. The maximum Gasteiger partial charge on any atom is 0.0960 e. The van der Waals surface area contributed by atoms with Crippen molar-refractivity contribution in [2.75, 3.05) is 0 Å². The van der Waals surface area contributed by atoms with Crippen LogP contribution in [0.2, 0.25) is 0 Å². The maximum absolute atomic E-state index is 5.64. The van der Waals surface area contributed by atoms with Gasteiger partial charge in [-0.3, -0.25) is 0 Å². The molecule has 0 aliphatic rings. The molecule has 0 aliphatic carbocycles. The fraction of sp³-hybridized carbons (Fsp3) is 0.118. The van der Waals surface area contributed by atoms with Crippen LogP contribution in [-0.4, -0.2) is 9.97 Å². The summed E-state index contributed by atoms with van der Waals surface area (Å²) in [5.74, 6) is 0. The molecule has 0 amide bonds. The van der Waals surface area contributed by atoms with E-state index in [1.807, 2.05) is 24.3 Å². The minimum atomic E-state index is 0.550. The average molecular weight is 278 g/mol. The predicted octanol–water partition coefficient (Wildman–Crippen LogP) is 2.66. The molecule has 0 saturated carbocycles. The molecule has 4 heteroatoms. The Morgan fingerprint density at radius 3 is 1.81 bits per heavy atom. The van der Waals surface area contributed by atoms with Crippen LogP contribution in [0.15, 0.2) is 54.9 Å². The third kappa shape index (κ3) is 2.72. The lowest BCUT2D eigenvalue weighted by atomic mass is 10.0. The van der Waals surface area contributed by atoms with Gasteiger partial charge in [0.05, 0.1) is 17.7 Å². The second-order valence-corrected chi connectivity index (χ2v) is 4.93. The zero-order valence-corrected chi connectivity index (χ0v) is 11.7. The Balaban J connectivity index is 1.99. The van der Waals surface area contributed by atoms with E-state index in [0.717, 1.165) is 33.6 Å². The lowest BCUT2D eigenvalue weighted by molar-refractivity contribution is 1.07. The van der Waals surface area contributed by atoms with E-state index >= 15 is 0 Å². The Kier molecular flexibility index (Phi) is 3.81. The van der Waals surface area contributed by atoms with E-state index in [4.69, 9.17) is 11.5 Å². The molecule has 1 heterocycles. The van der Waals surface area contributed by atoms with Gasteiger partial charge in [-0.2, -0.15) is 0 Å². The zero-order valence-electron chi connectivity index (χ0n) is 11.7. The van der Waals surface area contributed by atoms with Crippen LogP contribution in [0.25, 0.3) is 22.5 Å². The number of aromatic nitrogens is 2. The highest BCUT2D eigenvalue weighted by Crippen LogP contribution is 2.29. The molecule has 4 nitrogen and oxygen atoms in total. The van der Waals surface area contributed by atoms with Crippen LogP contribution in [0.5, 0.6) is 0 Å². The van der Waals surface area contributed by atoms with E-state index in [-0.39, 0.29) is 0 Å². The number of nitrogens with zero attached hydrogens (tertiary/aromatic N) is 1. The smallest absolute Gasteiger partial charge is 0.0960 e. The van der Waals surface area contributed by atoms with Gasteiger partial charge in [0.2, 0.25) is 0 Å². The van der Waals surface area contributed by atoms with Gasteiger partial charge in [0.1, 0.15) is 0 Å². The number of rotatable bonds is 4. The van der Waals surface area contributed by atoms with Gasteiger partial charge in [-0.05, 0) is 11.1 Å². The van der Waals surface area contributed by atoms with Crippen molar-refractivity contribution in [3.05, 3.63) is 66.0 Å². The van der Waals surface area contributed by atoms with E-state index in [1.165, 1.54) is 0 Å². The zero-order chi connectivity index (χ0) is 14.7. The molecule has 0 atom stereocenters. The Hall–Kier alpha value is -2.43. The summed E-state index contributed by atoms with van der Waals surface area (Å²) in [5.41, 5.74) is 17.6. The number of nitrogens with two attached hydrogens (primary N) is 2. The summed E-state index contributed by atoms with van der Waals surface area (Å²) in [5, 5.41) is 0. The molecule has 3 aromatic rings. The molecule has 0 spiro atoms. The molecule has 0 saturated heterocycles. The second kappa shape index (κ2) is 5.91. The highest BCUT2D eigenvalue weighted by atomic mass is 14.9. The number of H-pyrrole nitrogens is 1. The first-order chi connectivity index (χ1) is 10.3. The predicted molar refractivity (Wildman–Crippen MR) is 85.2 cm³/mol. The van der Waals surface area contributed by atoms with Crippen LogP contribution in [-0.2, 0) is 13.1 Å². The van der Waals surface area contributed by atoms with Gasteiger partial charge in [-0.1, -0.05) is 48.5 Å². The summed E-state index contributed by atoms with van der Waals surface area (Å²) in [6, 6.07) is 16.4. The number of hydrogen-bond acceptors (Lipinski definition) is 3. The quantitative estimate of drug-likeness (QED) is 0.686. The van der Waals surface area contributed by atoms with Crippen molar-refractivity contribution in [1.82, 2.24) is 9.97 Å². The number of nitrogens with one attached hydrogen (secondary N) is 1. The highest BCUT2D eigenvalue weighted by Gasteiger charge is 2.10. The number of benzene rings is 2. The molecule has 0 bridgehead atoms. The first-order valence-electron chi connectivity index (χ1n) is 6.94. The van der Waals surface area contributed by atoms with E-state index in [2.05, 4.69) is 34.2 Å². The fourth-order valence-corrected chi connectivity index (χ4v) is 2.34. The van der Waals surface area contributed by atoms with E-state index in [0.29, 0.717) is 13.1 Å². The van der Waals surface area contributed by atoms with E-state index < -0.39 is 0 Å². The number of hydrogen-bond donors (Lipinski definition) is 3. The third-order valence-electron chi connectivity index (χ3n) is 3.58. The van der Waals surface area contributed by atoms with Gasteiger partial charge in [0.25, 0.3) is 0 Å². The van der Waals surface area contributed by atoms with Crippen LogP contribution in [0.1, 0.15) is 11.1 Å². The van der Waals surface area contributed by atoms with Crippen molar-refractivity contribution in [3.8, 4) is 22.5 Å². The Morgan fingerprint density at radius 2 is 1.29 bits per heavy atom. The average Bonchev–Trinajstić information content (AvgIpc) is 3.04. The minimum Gasteiger partial charge on any atom is -0.344 e. The molecule has 1 aromatic heterocycles. The summed E-state index contributed by atoms with van der Waals surface area (Å²) in [7, 11) is 0. The summed E-state index contributed by atoms with van der Waals surface area (Å²) < 4.78 is 0. The summed E-state index contributed by atoms with van der Waals surface area (Å²) in [6.07, 6.45) is 1.72. The molecule has 21 heavy (non-hydrogen) atoms. The third-order valence-corrected chi connectivity index (χ3v) is 3.58. The number of imidazole rings is 1. The van der Waals surface area contributed by atoms with Crippen LogP contribution in [0, 0.1) is 0 Å². The van der Waals surface area contributed by atoms with Crippen LogP contribution in [0.3, 0.4) is 0 Å². The lowest BCUT2D eigenvalue weighted by Crippen LogP contribution is -1.96. The normalized spacial score (nSPS) is 10.8. The first-order valence-corrected chi connectivity index (χ1v) is 6.94. The SMILES string of the molecule is NCc1ccc(-c2nc[nH]c2-c2ccc(CN)cc2)cc1. The summed E-state index contributed by atoms with van der Waals surface area (Å²) >= 11 is 0. The van der Waals surface area contributed by atoms with Gasteiger partial charge in [-0.25, -0.2) is 4.98 Å². The van der Waals surface area contributed by atoms with Gasteiger partial charge in [0, 0.05) is 24.2 Å². The molecule has 0 fully saturated rings. The van der Waals surface area contributed by atoms with Crippen LogP contribution in [0.4, 0.5) is 0 Å². The maximum atomic E-state index is 5.64. The summed E-state index contributed by atoms with van der Waals surface area (Å²) in [6.45, 7) is 1.10. The molecule has 5 N–H and O–H groups in total. The molecule has 2 aromatic carbocycles. The Bertz CT molecular complexity index is 649. The summed E-state index contributed by atoms with van der Waals surface area (Å²) in [4.78, 5) is 7.67. The van der Waals surface area contributed by atoms with Crippen molar-refractivity contribution in [2.24, 2.45) is 11.5 Å². The molecule has 0 radical (unpaired) electrons. The fourth-order valence-electron chi connectivity index (χ4n) is 2.34. The van der Waals surface area contributed by atoms with E-state index in [1.54, 1.807) is 6.33 Å². The molecule has 0 aliphatic heterocycles. The molecular formula is C17H18N4. The van der Waals surface area contributed by atoms with Crippen molar-refractivity contribution < 1.29 is 0 Å². The van der Waals surface area contributed by atoms with Gasteiger partial charge < -0.3 is 16.5 Å². The van der Waals surface area contributed by atoms with Crippen LogP contribution >= 0.6 is 0 Å². The van der Waals surface area contributed by atoms with Gasteiger partial charge in [0.15, 0.2) is 0 Å². The standard InChI is InChI=1S/C17H18N4/c18-9-12-1-5-14(6-2-12)16-17(21-11-20-16)15-7-3-13(10-19)4-8-15/h1-8,11H,9-10,18-19H2,(H,20,21). The largest absolute Gasteiger partial charge is 0.344 e. The van der Waals surface area contributed by atoms with E-state index in [9.17, 15) is 0 Å². The van der Waals surface area contributed by atoms with Crippen molar-refractivity contribution in [2.45, 2.75) is 13.1 Å². The first kappa shape index (κ1) is 13.5. The Morgan fingerprint density at radius 1 is 0.762 bits per heavy atom. The molecule has 106 valence electrons. The second-order valence-electron chi connectivity index (χ2n) is 4.93. The topological polar surface area (TPSA) is 80.7 Å². The molecular weight excluding hydrogens is 260 g/mol. The monoisotopic (exact) mass is 278 g/mol. The van der Waals surface area contributed by atoms with Gasteiger partial charge in [-0.15, -0.1) is 0 Å². The van der Waals surface area contributed by atoms with Crippen molar-refractivity contribution in [3.63, 3.8) is 0 Å². The lowest BCUT2D eigenvalue weighted by Gasteiger charge is -2.05. The molecule has 0 unspecified atom stereocenters. The van der Waals surface area contributed by atoms with Gasteiger partial charge >= 0.3 is 0 Å². The van der Waals surface area contributed by atoms with Crippen molar-refractivity contribution in [1.29, 1.82) is 0 Å².